The number of rotatable bonds is 3. The molecule has 0 saturated carbocycles. The van der Waals surface area contributed by atoms with E-state index in [-0.39, 0.29) is 5.60 Å². The number of ether oxygens (including phenoxy) is 1. The van der Waals surface area contributed by atoms with Crippen molar-refractivity contribution < 1.29 is 4.74 Å². The lowest BCUT2D eigenvalue weighted by molar-refractivity contribution is 0.0654. The number of halogens is 1. The standard InChI is InChI=1S/C10H21IOSi/c1-8(11)7-9(13(5)6)12-10(2,3)4/h7-8,13H,1-6H3/b9-7+/t8-/m1/s1. The Morgan fingerprint density at radius 2 is 1.85 bits per heavy atom. The molecule has 3 heteroatoms. The van der Waals surface area contributed by atoms with E-state index in [0.29, 0.717) is 3.92 Å². The van der Waals surface area contributed by atoms with E-state index in [1.54, 1.807) is 0 Å². The van der Waals surface area contributed by atoms with Gasteiger partial charge < -0.3 is 4.74 Å². The Morgan fingerprint density at radius 1 is 1.38 bits per heavy atom. The van der Waals surface area contributed by atoms with Crippen LogP contribution in [0.2, 0.25) is 13.1 Å². The van der Waals surface area contributed by atoms with Crippen molar-refractivity contribution in [3.8, 4) is 0 Å². The molecule has 0 radical (unpaired) electrons. The summed E-state index contributed by atoms with van der Waals surface area (Å²) in [6.07, 6.45) is 2.25. The number of hydrogen-bond acceptors (Lipinski definition) is 1. The molecule has 0 unspecified atom stereocenters. The van der Waals surface area contributed by atoms with Crippen molar-refractivity contribution in [1.29, 1.82) is 0 Å². The van der Waals surface area contributed by atoms with Crippen LogP contribution < -0.4 is 0 Å². The van der Waals surface area contributed by atoms with Gasteiger partial charge in [-0.25, -0.2) is 0 Å². The van der Waals surface area contributed by atoms with Crippen molar-refractivity contribution in [2.24, 2.45) is 0 Å². The first-order valence-corrected chi connectivity index (χ1v) is 8.90. The Labute approximate surface area is 97.7 Å². The summed E-state index contributed by atoms with van der Waals surface area (Å²) in [5.74, 6) is 0. The molecule has 0 aliphatic heterocycles. The van der Waals surface area contributed by atoms with Crippen LogP contribution in [0.5, 0.6) is 0 Å². The average Bonchev–Trinajstić information content (AvgIpc) is 1.81. The van der Waals surface area contributed by atoms with Gasteiger partial charge in [0.25, 0.3) is 0 Å². The minimum Gasteiger partial charge on any atom is -0.498 e. The topological polar surface area (TPSA) is 9.23 Å². The molecule has 0 fully saturated rings. The molecule has 0 bridgehead atoms. The molecule has 1 nitrogen and oxygen atoms in total. The first kappa shape index (κ1) is 13.5. The van der Waals surface area contributed by atoms with Crippen molar-refractivity contribution in [3.05, 3.63) is 11.5 Å². The van der Waals surface area contributed by atoms with Gasteiger partial charge in [0.05, 0.1) is 11.0 Å². The summed E-state index contributed by atoms with van der Waals surface area (Å²) >= 11 is 2.41. The molecule has 0 N–H and O–H groups in total. The second kappa shape index (κ2) is 5.39. The largest absolute Gasteiger partial charge is 0.498 e. The van der Waals surface area contributed by atoms with Gasteiger partial charge in [0.15, 0.2) is 0 Å². The highest BCUT2D eigenvalue weighted by Gasteiger charge is 2.16. The second-order valence-corrected chi connectivity index (χ2v) is 9.46. The van der Waals surface area contributed by atoms with Crippen LogP contribution in [-0.4, -0.2) is 18.3 Å². The second-order valence-electron chi connectivity index (χ2n) is 4.62. The van der Waals surface area contributed by atoms with Crippen molar-refractivity contribution in [2.45, 2.75) is 50.3 Å². The molecular weight excluding hydrogens is 291 g/mol. The zero-order chi connectivity index (χ0) is 10.6. The lowest BCUT2D eigenvalue weighted by atomic mass is 10.2. The monoisotopic (exact) mass is 312 g/mol. The van der Waals surface area contributed by atoms with Crippen LogP contribution in [0.25, 0.3) is 0 Å². The van der Waals surface area contributed by atoms with E-state index >= 15 is 0 Å². The lowest BCUT2D eigenvalue weighted by Crippen LogP contribution is -2.24. The zero-order valence-corrected chi connectivity index (χ0v) is 12.8. The normalized spacial score (nSPS) is 16.2. The fourth-order valence-corrected chi connectivity index (χ4v) is 2.93. The number of hydrogen-bond donors (Lipinski definition) is 0. The summed E-state index contributed by atoms with van der Waals surface area (Å²) in [5, 5.41) is 1.24. The van der Waals surface area contributed by atoms with Crippen LogP contribution in [0.4, 0.5) is 0 Å². The molecule has 0 aromatic carbocycles. The van der Waals surface area contributed by atoms with Crippen molar-refractivity contribution >= 4 is 31.4 Å². The van der Waals surface area contributed by atoms with E-state index in [1.165, 1.54) is 5.38 Å². The Balaban J connectivity index is 4.46. The van der Waals surface area contributed by atoms with Gasteiger partial charge in [-0.1, -0.05) is 35.7 Å². The molecule has 1 atom stereocenters. The van der Waals surface area contributed by atoms with Gasteiger partial charge in [0.1, 0.15) is 8.80 Å². The summed E-state index contributed by atoms with van der Waals surface area (Å²) in [7, 11) is -0.807. The Morgan fingerprint density at radius 3 is 2.08 bits per heavy atom. The van der Waals surface area contributed by atoms with Crippen molar-refractivity contribution in [1.82, 2.24) is 0 Å². The molecule has 0 amide bonds. The Hall–Kier alpha value is 0.487. The highest BCUT2D eigenvalue weighted by molar-refractivity contribution is 14.1. The first-order chi connectivity index (χ1) is 5.72. The van der Waals surface area contributed by atoms with Gasteiger partial charge in [-0.15, -0.1) is 0 Å². The van der Waals surface area contributed by atoms with E-state index in [1.807, 2.05) is 0 Å². The van der Waals surface area contributed by atoms with E-state index in [0.717, 1.165) is 0 Å². The molecule has 0 rings (SSSR count). The third kappa shape index (κ3) is 7.55. The minimum atomic E-state index is -0.807. The van der Waals surface area contributed by atoms with Crippen LogP contribution in [0.1, 0.15) is 27.7 Å². The maximum Gasteiger partial charge on any atom is 0.109 e. The highest BCUT2D eigenvalue weighted by Crippen LogP contribution is 2.17. The van der Waals surface area contributed by atoms with Gasteiger partial charge in [-0.2, -0.15) is 0 Å². The molecule has 0 aliphatic rings. The Bertz CT molecular complexity index is 180. The van der Waals surface area contributed by atoms with E-state index in [4.69, 9.17) is 4.74 Å². The fourth-order valence-electron chi connectivity index (χ4n) is 0.924. The van der Waals surface area contributed by atoms with Crippen LogP contribution in [0.15, 0.2) is 11.5 Å². The van der Waals surface area contributed by atoms with E-state index < -0.39 is 8.80 Å². The molecule has 0 aromatic rings. The third-order valence-electron chi connectivity index (χ3n) is 1.39. The molecule has 0 spiro atoms. The fraction of sp³-hybridized carbons (Fsp3) is 0.800. The maximum absolute atomic E-state index is 5.93. The zero-order valence-electron chi connectivity index (χ0n) is 9.52. The quantitative estimate of drug-likeness (QED) is 0.335. The molecular formula is C10H21IOSi. The van der Waals surface area contributed by atoms with Gasteiger partial charge in [0.2, 0.25) is 0 Å². The van der Waals surface area contributed by atoms with E-state index in [2.05, 4.69) is 69.5 Å². The molecule has 13 heavy (non-hydrogen) atoms. The van der Waals surface area contributed by atoms with Gasteiger partial charge >= 0.3 is 0 Å². The average molecular weight is 312 g/mol. The SMILES string of the molecule is C[C@@H](I)/C=C(\OC(C)(C)C)[SiH](C)C. The van der Waals surface area contributed by atoms with Crippen LogP contribution >= 0.6 is 22.6 Å². The van der Waals surface area contributed by atoms with Gasteiger partial charge in [-0.3, -0.25) is 0 Å². The highest BCUT2D eigenvalue weighted by atomic mass is 127. The lowest BCUT2D eigenvalue weighted by Gasteiger charge is -2.25. The van der Waals surface area contributed by atoms with Gasteiger partial charge in [0, 0.05) is 3.92 Å². The summed E-state index contributed by atoms with van der Waals surface area (Å²) in [4.78, 5) is 0. The molecule has 0 heterocycles. The molecule has 0 saturated heterocycles. The molecule has 0 aliphatic carbocycles. The van der Waals surface area contributed by atoms with Gasteiger partial charge in [-0.05, 0) is 33.8 Å². The summed E-state index contributed by atoms with van der Waals surface area (Å²) in [5.41, 5.74) is -0.0470. The van der Waals surface area contributed by atoms with Crippen LogP contribution in [0, 0.1) is 0 Å². The summed E-state index contributed by atoms with van der Waals surface area (Å²) < 4.78 is 6.49. The predicted molar refractivity (Wildman–Crippen MR) is 71.3 cm³/mol. The smallest absolute Gasteiger partial charge is 0.109 e. The number of alkyl halides is 1. The van der Waals surface area contributed by atoms with Crippen molar-refractivity contribution in [3.63, 3.8) is 0 Å². The predicted octanol–water partition coefficient (Wildman–Crippen LogP) is 3.53. The van der Waals surface area contributed by atoms with E-state index in [9.17, 15) is 0 Å². The maximum atomic E-state index is 5.93. The Kier molecular flexibility index (Phi) is 5.59. The molecule has 0 aromatic heterocycles. The van der Waals surface area contributed by atoms with Crippen LogP contribution in [-0.2, 0) is 4.74 Å². The first-order valence-electron chi connectivity index (χ1n) is 4.77. The van der Waals surface area contributed by atoms with Crippen LogP contribution in [0.3, 0.4) is 0 Å². The molecule has 78 valence electrons. The summed E-state index contributed by atoms with van der Waals surface area (Å²) in [6, 6.07) is 0. The summed E-state index contributed by atoms with van der Waals surface area (Å²) in [6.45, 7) is 13.1. The van der Waals surface area contributed by atoms with Crippen molar-refractivity contribution in [2.75, 3.05) is 0 Å². The third-order valence-corrected chi connectivity index (χ3v) is 3.19. The number of allylic oxidation sites excluding steroid dienone is 1. The minimum absolute atomic E-state index is 0.0470.